The lowest BCUT2D eigenvalue weighted by Crippen LogP contribution is -2.45. The third-order valence-corrected chi connectivity index (χ3v) is 3.87. The van der Waals surface area contributed by atoms with Gasteiger partial charge in [-0.15, -0.1) is 0 Å². The zero-order chi connectivity index (χ0) is 15.1. The van der Waals surface area contributed by atoms with Crippen LogP contribution >= 0.6 is 0 Å². The molecule has 0 unspecified atom stereocenters. The fourth-order valence-electron chi connectivity index (χ4n) is 2.60. The molecule has 5 heteroatoms. The van der Waals surface area contributed by atoms with E-state index in [-0.39, 0.29) is 0 Å². The summed E-state index contributed by atoms with van der Waals surface area (Å²) in [6.45, 7) is 7.62. The maximum atomic E-state index is 5.32. The molecular weight excluding hydrogens is 266 g/mol. The maximum absolute atomic E-state index is 5.32. The molecule has 0 aromatic heterocycles. The summed E-state index contributed by atoms with van der Waals surface area (Å²) < 4.78 is 10.6. The van der Waals surface area contributed by atoms with E-state index in [1.807, 2.05) is 6.07 Å². The van der Waals surface area contributed by atoms with Crippen LogP contribution in [-0.4, -0.2) is 70.3 Å². The normalized spacial score (nSPS) is 16.2. The van der Waals surface area contributed by atoms with Crippen LogP contribution in [0.4, 0.5) is 0 Å². The van der Waals surface area contributed by atoms with E-state index in [9.17, 15) is 0 Å². The molecule has 0 radical (unpaired) electrons. The summed E-state index contributed by atoms with van der Waals surface area (Å²) in [5, 5.41) is 3.38. The molecule has 0 aliphatic carbocycles. The van der Waals surface area contributed by atoms with E-state index in [0.29, 0.717) is 0 Å². The van der Waals surface area contributed by atoms with Gasteiger partial charge in [0, 0.05) is 51.9 Å². The van der Waals surface area contributed by atoms with Gasteiger partial charge in [-0.2, -0.15) is 0 Å². The van der Waals surface area contributed by atoms with Gasteiger partial charge in [0.15, 0.2) is 0 Å². The van der Waals surface area contributed by atoms with Crippen LogP contribution in [0.25, 0.3) is 0 Å². The number of benzene rings is 1. The molecule has 118 valence electrons. The van der Waals surface area contributed by atoms with E-state index >= 15 is 0 Å². The van der Waals surface area contributed by atoms with Crippen molar-refractivity contribution < 1.29 is 9.47 Å². The van der Waals surface area contributed by atoms with Crippen molar-refractivity contribution in [1.82, 2.24) is 15.1 Å². The molecule has 1 saturated heterocycles. The number of methoxy groups -OCH3 is 2. The molecule has 1 heterocycles. The van der Waals surface area contributed by atoms with E-state index in [1.54, 1.807) is 14.2 Å². The Hall–Kier alpha value is -1.30. The number of hydrogen-bond donors (Lipinski definition) is 1. The van der Waals surface area contributed by atoms with Crippen LogP contribution in [0.15, 0.2) is 18.2 Å². The quantitative estimate of drug-likeness (QED) is 0.813. The fraction of sp³-hybridized carbons (Fsp3) is 0.625. The Balaban J connectivity index is 1.84. The molecule has 1 aromatic carbocycles. The van der Waals surface area contributed by atoms with E-state index in [1.165, 1.54) is 5.56 Å². The number of piperazine rings is 1. The topological polar surface area (TPSA) is 37.0 Å². The maximum Gasteiger partial charge on any atom is 0.122 e. The number of nitrogens with one attached hydrogen (secondary N) is 1. The average Bonchev–Trinajstić information content (AvgIpc) is 2.53. The third kappa shape index (κ3) is 5.19. The van der Waals surface area contributed by atoms with Crippen molar-refractivity contribution >= 4 is 0 Å². The summed E-state index contributed by atoms with van der Waals surface area (Å²) >= 11 is 0. The molecule has 0 atom stereocenters. The van der Waals surface area contributed by atoms with Gasteiger partial charge in [-0.3, -0.25) is 4.90 Å². The van der Waals surface area contributed by atoms with Gasteiger partial charge < -0.3 is 19.7 Å². The molecule has 0 saturated carbocycles. The zero-order valence-electron chi connectivity index (χ0n) is 13.4. The second kappa shape index (κ2) is 8.22. The number of rotatable bonds is 7. The highest BCUT2D eigenvalue weighted by Gasteiger charge is 2.11. The van der Waals surface area contributed by atoms with E-state index in [4.69, 9.17) is 9.47 Å². The molecule has 0 amide bonds. The standard InChI is InChI=1S/C16H27N3O2/c1-18(8-9-19-6-4-17-5-7-19)13-14-10-15(20-2)12-16(11-14)21-3/h10-12,17H,4-9,13H2,1-3H3. The minimum atomic E-state index is 0.847. The van der Waals surface area contributed by atoms with Crippen LogP contribution in [0.1, 0.15) is 5.56 Å². The van der Waals surface area contributed by atoms with Gasteiger partial charge in [0.05, 0.1) is 14.2 Å². The minimum absolute atomic E-state index is 0.847. The first-order valence-electron chi connectivity index (χ1n) is 7.55. The molecule has 1 N–H and O–H groups in total. The second-order valence-corrected chi connectivity index (χ2v) is 5.55. The van der Waals surface area contributed by atoms with Crippen molar-refractivity contribution in [3.8, 4) is 11.5 Å². The van der Waals surface area contributed by atoms with Gasteiger partial charge in [0.25, 0.3) is 0 Å². The van der Waals surface area contributed by atoms with Crippen LogP contribution < -0.4 is 14.8 Å². The van der Waals surface area contributed by atoms with Gasteiger partial charge >= 0.3 is 0 Å². The molecule has 0 bridgehead atoms. The van der Waals surface area contributed by atoms with Crippen molar-refractivity contribution in [1.29, 1.82) is 0 Å². The van der Waals surface area contributed by atoms with Crippen molar-refractivity contribution in [2.45, 2.75) is 6.54 Å². The molecule has 1 aliphatic heterocycles. The summed E-state index contributed by atoms with van der Waals surface area (Å²) in [6, 6.07) is 6.05. The number of nitrogens with zero attached hydrogens (tertiary/aromatic N) is 2. The minimum Gasteiger partial charge on any atom is -0.497 e. The smallest absolute Gasteiger partial charge is 0.122 e. The number of ether oxygens (including phenoxy) is 2. The first-order valence-corrected chi connectivity index (χ1v) is 7.55. The fourth-order valence-corrected chi connectivity index (χ4v) is 2.60. The predicted octanol–water partition coefficient (Wildman–Crippen LogP) is 1.04. The Labute approximate surface area is 127 Å². The Kier molecular flexibility index (Phi) is 6.29. The highest BCUT2D eigenvalue weighted by Crippen LogP contribution is 2.23. The second-order valence-electron chi connectivity index (χ2n) is 5.55. The average molecular weight is 293 g/mol. The summed E-state index contributed by atoms with van der Waals surface area (Å²) in [5.74, 6) is 1.69. The van der Waals surface area contributed by atoms with Gasteiger partial charge in [-0.25, -0.2) is 0 Å². The van der Waals surface area contributed by atoms with Crippen molar-refractivity contribution in [2.75, 3.05) is 60.5 Å². The molecule has 21 heavy (non-hydrogen) atoms. The van der Waals surface area contributed by atoms with E-state index < -0.39 is 0 Å². The molecule has 5 nitrogen and oxygen atoms in total. The Morgan fingerprint density at radius 1 is 1.10 bits per heavy atom. The van der Waals surface area contributed by atoms with Gasteiger partial charge in [-0.05, 0) is 24.7 Å². The first kappa shape index (κ1) is 16.1. The molecular formula is C16H27N3O2. The predicted molar refractivity (Wildman–Crippen MR) is 85.2 cm³/mol. The SMILES string of the molecule is COc1cc(CN(C)CCN2CCNCC2)cc(OC)c1. The zero-order valence-corrected chi connectivity index (χ0v) is 13.4. The van der Waals surface area contributed by atoms with Gasteiger partial charge in [0.2, 0.25) is 0 Å². The summed E-state index contributed by atoms with van der Waals surface area (Å²) in [7, 11) is 5.54. The lowest BCUT2D eigenvalue weighted by Gasteiger charge is -2.29. The summed E-state index contributed by atoms with van der Waals surface area (Å²) in [4.78, 5) is 4.86. The molecule has 1 aliphatic rings. The Morgan fingerprint density at radius 3 is 2.29 bits per heavy atom. The molecule has 2 rings (SSSR count). The summed E-state index contributed by atoms with van der Waals surface area (Å²) in [5.41, 5.74) is 1.22. The monoisotopic (exact) mass is 293 g/mol. The van der Waals surface area contributed by atoms with Crippen LogP contribution in [0.5, 0.6) is 11.5 Å². The van der Waals surface area contributed by atoms with Gasteiger partial charge in [0.1, 0.15) is 11.5 Å². The molecule has 1 fully saturated rings. The van der Waals surface area contributed by atoms with Gasteiger partial charge in [-0.1, -0.05) is 0 Å². The van der Waals surface area contributed by atoms with E-state index in [0.717, 1.165) is 57.3 Å². The van der Waals surface area contributed by atoms with Crippen LogP contribution in [0.3, 0.4) is 0 Å². The van der Waals surface area contributed by atoms with Crippen molar-refractivity contribution in [3.63, 3.8) is 0 Å². The molecule has 0 spiro atoms. The van der Waals surface area contributed by atoms with Crippen molar-refractivity contribution in [3.05, 3.63) is 23.8 Å². The lowest BCUT2D eigenvalue weighted by molar-refractivity contribution is 0.202. The lowest BCUT2D eigenvalue weighted by atomic mass is 10.2. The Bertz CT molecular complexity index is 411. The number of likely N-dealkylation sites (N-methyl/N-ethyl adjacent to an activating group) is 1. The Morgan fingerprint density at radius 2 is 1.71 bits per heavy atom. The highest BCUT2D eigenvalue weighted by molar-refractivity contribution is 5.38. The van der Waals surface area contributed by atoms with Crippen LogP contribution in [-0.2, 0) is 6.54 Å². The van der Waals surface area contributed by atoms with Crippen LogP contribution in [0.2, 0.25) is 0 Å². The van der Waals surface area contributed by atoms with Crippen LogP contribution in [0, 0.1) is 0 Å². The summed E-state index contributed by atoms with van der Waals surface area (Å²) in [6.07, 6.45) is 0. The third-order valence-electron chi connectivity index (χ3n) is 3.87. The highest BCUT2D eigenvalue weighted by atomic mass is 16.5. The molecule has 1 aromatic rings. The largest absolute Gasteiger partial charge is 0.497 e. The number of hydrogen-bond acceptors (Lipinski definition) is 5. The van der Waals surface area contributed by atoms with Crippen molar-refractivity contribution in [2.24, 2.45) is 0 Å². The van der Waals surface area contributed by atoms with E-state index in [2.05, 4.69) is 34.3 Å². The first-order chi connectivity index (χ1) is 10.2.